The molecule has 1 saturated heterocycles. The van der Waals surface area contributed by atoms with E-state index >= 15 is 0 Å². The monoisotopic (exact) mass is 287 g/mol. The quantitative estimate of drug-likeness (QED) is 0.898. The molecule has 1 fully saturated rings. The van der Waals surface area contributed by atoms with Gasteiger partial charge in [0.25, 0.3) is 0 Å². The van der Waals surface area contributed by atoms with E-state index in [1.54, 1.807) is 0 Å². The van der Waals surface area contributed by atoms with Gasteiger partial charge < -0.3 is 15.1 Å². The number of hydrogen-bond acceptors (Lipinski definition) is 3. The molecular weight excluding hydrogens is 258 g/mol. The number of benzene rings is 1. The van der Waals surface area contributed by atoms with Gasteiger partial charge in [0.15, 0.2) is 0 Å². The van der Waals surface area contributed by atoms with Crippen LogP contribution in [-0.4, -0.2) is 44.7 Å². The summed E-state index contributed by atoms with van der Waals surface area (Å²) in [6, 6.07) is 9.49. The van der Waals surface area contributed by atoms with Crippen LogP contribution in [0.25, 0.3) is 0 Å². The van der Waals surface area contributed by atoms with Crippen LogP contribution in [0.2, 0.25) is 0 Å². The SMILES string of the molecule is CNC1CCCN(CCCN2CCCC2)c2ccccc21. The van der Waals surface area contributed by atoms with E-state index in [0.717, 1.165) is 0 Å². The van der Waals surface area contributed by atoms with Gasteiger partial charge in [-0.05, 0) is 70.4 Å². The third-order valence-electron chi connectivity index (χ3n) is 5.02. The number of hydrogen-bond donors (Lipinski definition) is 1. The molecule has 0 radical (unpaired) electrons. The highest BCUT2D eigenvalue weighted by Gasteiger charge is 2.21. The summed E-state index contributed by atoms with van der Waals surface area (Å²) in [5.74, 6) is 0. The largest absolute Gasteiger partial charge is 0.371 e. The van der Waals surface area contributed by atoms with E-state index in [4.69, 9.17) is 0 Å². The molecule has 1 N–H and O–H groups in total. The highest BCUT2D eigenvalue weighted by Crippen LogP contribution is 2.32. The van der Waals surface area contributed by atoms with Gasteiger partial charge in [-0.2, -0.15) is 0 Å². The van der Waals surface area contributed by atoms with Crippen molar-refractivity contribution in [3.63, 3.8) is 0 Å². The van der Waals surface area contributed by atoms with Crippen LogP contribution in [0, 0.1) is 0 Å². The summed E-state index contributed by atoms with van der Waals surface area (Å²) >= 11 is 0. The van der Waals surface area contributed by atoms with Crippen LogP contribution in [-0.2, 0) is 0 Å². The van der Waals surface area contributed by atoms with Crippen LogP contribution in [0.15, 0.2) is 24.3 Å². The molecule has 2 heterocycles. The van der Waals surface area contributed by atoms with Gasteiger partial charge in [-0.3, -0.25) is 0 Å². The number of likely N-dealkylation sites (tertiary alicyclic amines) is 1. The Labute approximate surface area is 129 Å². The minimum atomic E-state index is 0.518. The maximum Gasteiger partial charge on any atom is 0.0414 e. The molecule has 0 aliphatic carbocycles. The van der Waals surface area contributed by atoms with E-state index in [-0.39, 0.29) is 0 Å². The van der Waals surface area contributed by atoms with Crippen LogP contribution in [0.3, 0.4) is 0 Å². The summed E-state index contributed by atoms with van der Waals surface area (Å²) in [6.45, 7) is 6.31. The Bertz CT molecular complexity index is 440. The molecule has 1 aromatic carbocycles. The van der Waals surface area contributed by atoms with Crippen molar-refractivity contribution in [1.29, 1.82) is 0 Å². The fourth-order valence-corrected chi connectivity index (χ4v) is 3.86. The standard InChI is InChI=1S/C18H29N3/c1-19-17-9-6-14-21(18-10-3-2-8-16(17)18)15-7-13-20-11-4-5-12-20/h2-3,8,10,17,19H,4-7,9,11-15H2,1H3. The zero-order valence-electron chi connectivity index (χ0n) is 13.4. The average Bonchev–Trinajstić information content (AvgIpc) is 2.97. The molecule has 2 aliphatic rings. The first-order valence-electron chi connectivity index (χ1n) is 8.62. The first kappa shape index (κ1) is 14.9. The van der Waals surface area contributed by atoms with E-state index in [1.165, 1.54) is 76.1 Å². The Kier molecular flexibility index (Phi) is 5.15. The highest BCUT2D eigenvalue weighted by molar-refractivity contribution is 5.55. The summed E-state index contributed by atoms with van der Waals surface area (Å²) in [4.78, 5) is 5.24. The van der Waals surface area contributed by atoms with Gasteiger partial charge in [0.2, 0.25) is 0 Å². The molecule has 3 nitrogen and oxygen atoms in total. The van der Waals surface area contributed by atoms with Gasteiger partial charge in [-0.15, -0.1) is 0 Å². The second kappa shape index (κ2) is 7.28. The molecule has 3 heteroatoms. The zero-order chi connectivity index (χ0) is 14.5. The molecule has 116 valence electrons. The fourth-order valence-electron chi connectivity index (χ4n) is 3.86. The molecule has 0 aromatic heterocycles. The summed E-state index contributed by atoms with van der Waals surface area (Å²) < 4.78 is 0. The Hall–Kier alpha value is -1.06. The number of anilines is 1. The highest BCUT2D eigenvalue weighted by atomic mass is 15.2. The normalized spacial score (nSPS) is 23.1. The van der Waals surface area contributed by atoms with Crippen LogP contribution < -0.4 is 10.2 Å². The topological polar surface area (TPSA) is 18.5 Å². The fraction of sp³-hybridized carbons (Fsp3) is 0.667. The number of nitrogens with zero attached hydrogens (tertiary/aromatic N) is 2. The molecule has 1 aromatic rings. The van der Waals surface area contributed by atoms with Crippen LogP contribution >= 0.6 is 0 Å². The van der Waals surface area contributed by atoms with E-state index in [0.29, 0.717) is 6.04 Å². The molecule has 1 unspecified atom stereocenters. The lowest BCUT2D eigenvalue weighted by atomic mass is 10.0. The second-order valence-corrected chi connectivity index (χ2v) is 6.43. The summed E-state index contributed by atoms with van der Waals surface area (Å²) in [5.41, 5.74) is 2.94. The molecule has 0 bridgehead atoms. The number of para-hydroxylation sites is 1. The lowest BCUT2D eigenvalue weighted by Crippen LogP contribution is -2.29. The second-order valence-electron chi connectivity index (χ2n) is 6.43. The van der Waals surface area contributed by atoms with Gasteiger partial charge >= 0.3 is 0 Å². The van der Waals surface area contributed by atoms with Crippen molar-refractivity contribution >= 4 is 5.69 Å². The molecule has 0 saturated carbocycles. The van der Waals surface area contributed by atoms with Crippen LogP contribution in [0.1, 0.15) is 43.7 Å². The first-order chi connectivity index (χ1) is 10.4. The minimum absolute atomic E-state index is 0.518. The van der Waals surface area contributed by atoms with Crippen molar-refractivity contribution in [2.24, 2.45) is 0 Å². The van der Waals surface area contributed by atoms with Crippen molar-refractivity contribution < 1.29 is 0 Å². The van der Waals surface area contributed by atoms with Crippen molar-refractivity contribution in [1.82, 2.24) is 10.2 Å². The van der Waals surface area contributed by atoms with Gasteiger partial charge in [0.05, 0.1) is 0 Å². The Morgan fingerprint density at radius 1 is 1.05 bits per heavy atom. The lowest BCUT2D eigenvalue weighted by molar-refractivity contribution is 0.334. The summed E-state index contributed by atoms with van der Waals surface area (Å²) in [7, 11) is 2.09. The van der Waals surface area contributed by atoms with Gasteiger partial charge in [0.1, 0.15) is 0 Å². The Balaban J connectivity index is 1.63. The van der Waals surface area contributed by atoms with E-state index in [9.17, 15) is 0 Å². The van der Waals surface area contributed by atoms with Crippen LogP contribution in [0.4, 0.5) is 5.69 Å². The summed E-state index contributed by atoms with van der Waals surface area (Å²) in [5, 5.41) is 3.49. The molecule has 1 atom stereocenters. The first-order valence-corrected chi connectivity index (χ1v) is 8.62. The summed E-state index contributed by atoms with van der Waals surface area (Å²) in [6.07, 6.45) is 6.62. The van der Waals surface area contributed by atoms with Gasteiger partial charge in [-0.25, -0.2) is 0 Å². The third-order valence-corrected chi connectivity index (χ3v) is 5.02. The Morgan fingerprint density at radius 2 is 1.86 bits per heavy atom. The third kappa shape index (κ3) is 3.58. The number of rotatable bonds is 5. The number of fused-ring (bicyclic) bond motifs is 1. The maximum atomic E-state index is 3.49. The van der Waals surface area contributed by atoms with Crippen molar-refractivity contribution in [3.05, 3.63) is 29.8 Å². The smallest absolute Gasteiger partial charge is 0.0414 e. The minimum Gasteiger partial charge on any atom is -0.371 e. The predicted molar refractivity (Wildman–Crippen MR) is 90.0 cm³/mol. The lowest BCUT2D eigenvalue weighted by Gasteiger charge is -2.27. The van der Waals surface area contributed by atoms with E-state index in [2.05, 4.69) is 46.4 Å². The molecule has 0 spiro atoms. The molecule has 0 amide bonds. The molecule has 3 rings (SSSR count). The molecule has 2 aliphatic heterocycles. The van der Waals surface area contributed by atoms with Crippen molar-refractivity contribution in [2.45, 2.75) is 38.1 Å². The van der Waals surface area contributed by atoms with E-state index < -0.39 is 0 Å². The predicted octanol–water partition coefficient (Wildman–Crippen LogP) is 3.03. The van der Waals surface area contributed by atoms with Crippen molar-refractivity contribution in [2.75, 3.05) is 44.7 Å². The average molecular weight is 287 g/mol. The molecule has 21 heavy (non-hydrogen) atoms. The van der Waals surface area contributed by atoms with Crippen LogP contribution in [0.5, 0.6) is 0 Å². The van der Waals surface area contributed by atoms with Gasteiger partial charge in [-0.1, -0.05) is 18.2 Å². The number of nitrogens with one attached hydrogen (secondary N) is 1. The van der Waals surface area contributed by atoms with Crippen molar-refractivity contribution in [3.8, 4) is 0 Å². The zero-order valence-corrected chi connectivity index (χ0v) is 13.4. The maximum absolute atomic E-state index is 3.49. The Morgan fingerprint density at radius 3 is 2.67 bits per heavy atom. The van der Waals surface area contributed by atoms with Gasteiger partial charge in [0, 0.05) is 24.8 Å². The molecular formula is C18H29N3. The van der Waals surface area contributed by atoms with E-state index in [1.807, 2.05) is 0 Å².